The standard InChI is InChI=1S/C29H39N7O3/c1-21-7-8-25-22(18-21)29(38)35-11-4-3-6-24(35)23-19-27-30-26(34-9-5-10-34)20-28(36(27)31-23)32(2)12-13-33(14-16-37)15-17-39-25/h7-8,18-20,24,37H,3-6,9-17H2,1-2H3. The van der Waals surface area contributed by atoms with Gasteiger partial charge in [-0.2, -0.15) is 9.61 Å². The first-order valence-electron chi connectivity index (χ1n) is 14.3. The van der Waals surface area contributed by atoms with Crippen LogP contribution < -0.4 is 14.5 Å². The third kappa shape index (κ3) is 5.15. The highest BCUT2D eigenvalue weighted by atomic mass is 16.5. The van der Waals surface area contributed by atoms with E-state index in [1.807, 2.05) is 34.5 Å². The van der Waals surface area contributed by atoms with E-state index >= 15 is 0 Å². The fraction of sp³-hybridized carbons (Fsp3) is 0.552. The fourth-order valence-corrected chi connectivity index (χ4v) is 5.85. The molecule has 2 bridgehead atoms. The van der Waals surface area contributed by atoms with Crippen LogP contribution in [0.25, 0.3) is 5.65 Å². The van der Waals surface area contributed by atoms with Crippen LogP contribution in [0.5, 0.6) is 5.75 Å². The lowest BCUT2D eigenvalue weighted by atomic mass is 9.97. The van der Waals surface area contributed by atoms with Crippen molar-refractivity contribution >= 4 is 23.2 Å². The molecule has 3 aliphatic rings. The molecule has 3 aromatic rings. The number of nitrogens with zero attached hydrogens (tertiary/aromatic N) is 7. The molecule has 208 valence electrons. The molecular formula is C29H39N7O3. The van der Waals surface area contributed by atoms with Crippen LogP contribution in [-0.2, 0) is 0 Å². The van der Waals surface area contributed by atoms with E-state index in [1.165, 1.54) is 6.42 Å². The summed E-state index contributed by atoms with van der Waals surface area (Å²) in [6.07, 6.45) is 4.08. The van der Waals surface area contributed by atoms with E-state index < -0.39 is 0 Å². The normalized spacial score (nSPS) is 21.1. The summed E-state index contributed by atoms with van der Waals surface area (Å²) >= 11 is 0. The average molecular weight is 534 g/mol. The number of likely N-dealkylation sites (N-methyl/N-ethyl adjacent to an activating group) is 1. The summed E-state index contributed by atoms with van der Waals surface area (Å²) in [4.78, 5) is 27.8. The van der Waals surface area contributed by atoms with Gasteiger partial charge in [0.15, 0.2) is 5.65 Å². The highest BCUT2D eigenvalue weighted by molar-refractivity contribution is 5.97. The van der Waals surface area contributed by atoms with Gasteiger partial charge in [-0.15, -0.1) is 0 Å². The van der Waals surface area contributed by atoms with Crippen molar-refractivity contribution in [2.45, 2.75) is 38.6 Å². The van der Waals surface area contributed by atoms with Crippen LogP contribution in [0.4, 0.5) is 11.6 Å². The van der Waals surface area contributed by atoms with Crippen molar-refractivity contribution in [1.29, 1.82) is 0 Å². The number of β-amino-alcohol motifs (C(OH)–C–C–N with tert-alkyl or cyclic N) is 1. The van der Waals surface area contributed by atoms with Crippen molar-refractivity contribution in [3.8, 4) is 5.75 Å². The molecule has 0 spiro atoms. The number of aryl methyl sites for hydroxylation is 1. The topological polar surface area (TPSA) is 89.7 Å². The second-order valence-electron chi connectivity index (χ2n) is 11.0. The molecular weight excluding hydrogens is 494 g/mol. The smallest absolute Gasteiger partial charge is 0.258 e. The highest BCUT2D eigenvalue weighted by Gasteiger charge is 2.33. The number of rotatable bonds is 3. The maximum absolute atomic E-state index is 14.1. The van der Waals surface area contributed by atoms with E-state index in [-0.39, 0.29) is 18.6 Å². The largest absolute Gasteiger partial charge is 0.491 e. The number of amides is 1. The Morgan fingerprint density at radius 2 is 1.90 bits per heavy atom. The van der Waals surface area contributed by atoms with Gasteiger partial charge in [0, 0.05) is 65.0 Å². The number of benzene rings is 1. The number of carbonyl (C=O) groups excluding carboxylic acids is 1. The van der Waals surface area contributed by atoms with Crippen molar-refractivity contribution < 1.29 is 14.6 Å². The van der Waals surface area contributed by atoms with Crippen molar-refractivity contribution in [2.75, 3.05) is 75.9 Å². The van der Waals surface area contributed by atoms with E-state index in [0.717, 1.165) is 74.0 Å². The van der Waals surface area contributed by atoms with Crippen LogP contribution in [0.1, 0.15) is 53.3 Å². The molecule has 10 heteroatoms. The molecule has 2 fully saturated rings. The van der Waals surface area contributed by atoms with Gasteiger partial charge in [0.25, 0.3) is 5.91 Å². The third-order valence-electron chi connectivity index (χ3n) is 8.29. The first kappa shape index (κ1) is 25.9. The van der Waals surface area contributed by atoms with E-state index in [1.54, 1.807) is 0 Å². The van der Waals surface area contributed by atoms with Crippen LogP contribution in [-0.4, -0.2) is 101 Å². The summed E-state index contributed by atoms with van der Waals surface area (Å²) in [7, 11) is 2.09. The number of aliphatic hydroxyl groups excluding tert-OH is 1. The van der Waals surface area contributed by atoms with Gasteiger partial charge >= 0.3 is 0 Å². The maximum atomic E-state index is 14.1. The molecule has 0 radical (unpaired) electrons. The number of fused-ring (bicyclic) bond motifs is 4. The van der Waals surface area contributed by atoms with Crippen LogP contribution in [0.2, 0.25) is 0 Å². The van der Waals surface area contributed by atoms with Gasteiger partial charge in [-0.3, -0.25) is 9.69 Å². The summed E-state index contributed by atoms with van der Waals surface area (Å²) in [6.45, 7) is 7.97. The average Bonchev–Trinajstić information content (AvgIpc) is 3.34. The Kier molecular flexibility index (Phi) is 7.31. The van der Waals surface area contributed by atoms with Crippen LogP contribution >= 0.6 is 0 Å². The monoisotopic (exact) mass is 533 g/mol. The molecule has 10 nitrogen and oxygen atoms in total. The summed E-state index contributed by atoms with van der Waals surface area (Å²) < 4.78 is 8.16. The Balaban J connectivity index is 1.46. The zero-order chi connectivity index (χ0) is 26.9. The Labute approximate surface area is 229 Å². The van der Waals surface area contributed by atoms with Gasteiger partial charge in [-0.25, -0.2) is 4.98 Å². The number of aliphatic hydroxyl groups is 1. The summed E-state index contributed by atoms with van der Waals surface area (Å²) in [5.74, 6) is 2.55. The molecule has 2 saturated heterocycles. The number of aromatic nitrogens is 3. The molecule has 39 heavy (non-hydrogen) atoms. The van der Waals surface area contributed by atoms with Crippen LogP contribution in [0, 0.1) is 6.92 Å². The van der Waals surface area contributed by atoms with Crippen molar-refractivity contribution in [3.63, 3.8) is 0 Å². The quantitative estimate of drug-likeness (QED) is 0.550. The SMILES string of the molecule is Cc1ccc2c(c1)C(=O)N1CCCCC1c1cc3nc(N4CCC4)cc(n3n1)N(C)CCN(CCO)CCO2. The minimum atomic E-state index is -0.111. The van der Waals surface area contributed by atoms with E-state index in [9.17, 15) is 9.90 Å². The summed E-state index contributed by atoms with van der Waals surface area (Å²) in [5, 5.41) is 14.8. The van der Waals surface area contributed by atoms with Crippen molar-refractivity contribution in [2.24, 2.45) is 0 Å². The zero-order valence-corrected chi connectivity index (χ0v) is 23.1. The third-order valence-corrected chi connectivity index (χ3v) is 8.29. The van der Waals surface area contributed by atoms with E-state index in [0.29, 0.717) is 37.6 Å². The number of carbonyl (C=O) groups is 1. The Hall–Kier alpha value is -3.37. The molecule has 3 aliphatic heterocycles. The number of ether oxygens (including phenoxy) is 1. The Bertz CT molecular complexity index is 1340. The van der Waals surface area contributed by atoms with Gasteiger partial charge in [0.05, 0.1) is 23.9 Å². The molecule has 2 aromatic heterocycles. The predicted octanol–water partition coefficient (Wildman–Crippen LogP) is 2.74. The van der Waals surface area contributed by atoms with Gasteiger partial charge in [-0.05, 0) is 44.7 Å². The molecule has 5 heterocycles. The number of piperidine rings is 1. The van der Waals surface area contributed by atoms with Gasteiger partial charge < -0.3 is 24.5 Å². The van der Waals surface area contributed by atoms with Crippen LogP contribution in [0.3, 0.4) is 0 Å². The second kappa shape index (κ2) is 11.0. The van der Waals surface area contributed by atoms with E-state index in [4.69, 9.17) is 14.8 Å². The van der Waals surface area contributed by atoms with Crippen molar-refractivity contribution in [1.82, 2.24) is 24.4 Å². The highest BCUT2D eigenvalue weighted by Crippen LogP contribution is 2.35. The first-order chi connectivity index (χ1) is 19.0. The number of anilines is 2. The minimum Gasteiger partial charge on any atom is -0.491 e. The molecule has 1 amide bonds. The molecule has 6 rings (SSSR count). The minimum absolute atomic E-state index is 0.0127. The lowest BCUT2D eigenvalue weighted by molar-refractivity contribution is 0.0600. The number of hydrogen-bond donors (Lipinski definition) is 1. The zero-order valence-electron chi connectivity index (χ0n) is 23.1. The Morgan fingerprint density at radius 1 is 1.03 bits per heavy atom. The van der Waals surface area contributed by atoms with Gasteiger partial charge in [0.2, 0.25) is 0 Å². The van der Waals surface area contributed by atoms with Crippen LogP contribution in [0.15, 0.2) is 30.3 Å². The van der Waals surface area contributed by atoms with Gasteiger partial charge in [0.1, 0.15) is 24.0 Å². The molecule has 1 N–H and O–H groups in total. The molecule has 1 unspecified atom stereocenters. The maximum Gasteiger partial charge on any atom is 0.258 e. The van der Waals surface area contributed by atoms with E-state index in [2.05, 4.69) is 33.9 Å². The second-order valence-corrected chi connectivity index (χ2v) is 11.0. The lowest BCUT2D eigenvalue weighted by Gasteiger charge is -2.35. The summed E-state index contributed by atoms with van der Waals surface area (Å²) in [5.41, 5.74) is 3.32. The molecule has 0 aliphatic carbocycles. The molecule has 1 aromatic carbocycles. The predicted molar refractivity (Wildman–Crippen MR) is 151 cm³/mol. The lowest BCUT2D eigenvalue weighted by Crippen LogP contribution is -2.40. The number of hydrogen-bond acceptors (Lipinski definition) is 8. The molecule has 1 atom stereocenters. The molecule has 0 saturated carbocycles. The van der Waals surface area contributed by atoms with Crippen molar-refractivity contribution in [3.05, 3.63) is 47.2 Å². The first-order valence-corrected chi connectivity index (χ1v) is 14.3. The fourth-order valence-electron chi connectivity index (χ4n) is 5.85. The summed E-state index contributed by atoms with van der Waals surface area (Å²) in [6, 6.07) is 9.93. The van der Waals surface area contributed by atoms with Gasteiger partial charge in [-0.1, -0.05) is 11.6 Å². The Morgan fingerprint density at radius 3 is 2.69 bits per heavy atom.